The number of nitrogens with one attached hydrogen (secondary N) is 1. The van der Waals surface area contributed by atoms with E-state index in [1.54, 1.807) is 0 Å². The Morgan fingerprint density at radius 1 is 1.39 bits per heavy atom. The summed E-state index contributed by atoms with van der Waals surface area (Å²) in [6.07, 6.45) is 0.639. The number of methoxy groups -OCH3 is 1. The van der Waals surface area contributed by atoms with E-state index < -0.39 is 9.84 Å². The minimum Gasteiger partial charge on any atom is -0.468 e. The lowest BCUT2D eigenvalue weighted by Gasteiger charge is -2.27. The van der Waals surface area contributed by atoms with Gasteiger partial charge in [0.05, 0.1) is 18.6 Å². The molecule has 1 heterocycles. The molecule has 6 nitrogen and oxygen atoms in total. The van der Waals surface area contributed by atoms with Gasteiger partial charge in [0.15, 0.2) is 9.84 Å². The topological polar surface area (TPSA) is 75.7 Å². The van der Waals surface area contributed by atoms with Crippen LogP contribution in [0.2, 0.25) is 0 Å². The van der Waals surface area contributed by atoms with Crippen molar-refractivity contribution < 1.29 is 17.9 Å². The zero-order valence-corrected chi connectivity index (χ0v) is 11.8. The van der Waals surface area contributed by atoms with Crippen LogP contribution in [0.25, 0.3) is 0 Å². The van der Waals surface area contributed by atoms with Gasteiger partial charge in [-0.25, -0.2) is 8.42 Å². The van der Waals surface area contributed by atoms with Crippen LogP contribution in [0.3, 0.4) is 0 Å². The maximum atomic E-state index is 11.5. The SMILES string of the molecule is CCNC(CCN1CCS(=O)(=O)CC1)C(=O)OC. The van der Waals surface area contributed by atoms with E-state index in [-0.39, 0.29) is 23.5 Å². The van der Waals surface area contributed by atoms with E-state index >= 15 is 0 Å². The Labute approximate surface area is 109 Å². The maximum absolute atomic E-state index is 11.5. The molecule has 7 heteroatoms. The van der Waals surface area contributed by atoms with Crippen LogP contribution >= 0.6 is 0 Å². The molecule has 1 aliphatic rings. The van der Waals surface area contributed by atoms with Crippen LogP contribution in [0, 0.1) is 0 Å². The maximum Gasteiger partial charge on any atom is 0.322 e. The molecule has 106 valence electrons. The summed E-state index contributed by atoms with van der Waals surface area (Å²) in [6.45, 7) is 4.46. The fourth-order valence-corrected chi connectivity index (χ4v) is 3.25. The average Bonchev–Trinajstić information content (AvgIpc) is 2.35. The number of ether oxygens (including phenoxy) is 1. The van der Waals surface area contributed by atoms with Crippen LogP contribution in [-0.2, 0) is 19.4 Å². The minimum atomic E-state index is -2.83. The number of sulfone groups is 1. The molecule has 1 aliphatic heterocycles. The molecule has 0 aromatic rings. The molecule has 0 spiro atoms. The van der Waals surface area contributed by atoms with Gasteiger partial charge < -0.3 is 15.0 Å². The number of rotatable bonds is 6. The quantitative estimate of drug-likeness (QED) is 0.645. The molecule has 18 heavy (non-hydrogen) atoms. The Morgan fingerprint density at radius 2 is 2.00 bits per heavy atom. The van der Waals surface area contributed by atoms with Crippen molar-refractivity contribution >= 4 is 15.8 Å². The van der Waals surface area contributed by atoms with Gasteiger partial charge >= 0.3 is 5.97 Å². The van der Waals surface area contributed by atoms with Crippen LogP contribution < -0.4 is 5.32 Å². The van der Waals surface area contributed by atoms with Crippen LogP contribution in [0.15, 0.2) is 0 Å². The van der Waals surface area contributed by atoms with Gasteiger partial charge in [0.2, 0.25) is 0 Å². The van der Waals surface area contributed by atoms with Crippen molar-refractivity contribution in [2.45, 2.75) is 19.4 Å². The Balaban J connectivity index is 2.36. The highest BCUT2D eigenvalue weighted by Gasteiger charge is 2.24. The third-order valence-corrected chi connectivity index (χ3v) is 4.72. The van der Waals surface area contributed by atoms with Gasteiger partial charge in [-0.1, -0.05) is 6.92 Å². The molecule has 1 rings (SSSR count). The number of carbonyl (C=O) groups excluding carboxylic acids is 1. The monoisotopic (exact) mass is 278 g/mol. The first-order chi connectivity index (χ1) is 8.48. The second-order valence-corrected chi connectivity index (χ2v) is 6.72. The summed E-state index contributed by atoms with van der Waals surface area (Å²) < 4.78 is 27.3. The lowest BCUT2D eigenvalue weighted by molar-refractivity contribution is -0.143. The standard InChI is InChI=1S/C11H22N2O4S/c1-3-12-10(11(14)17-2)4-5-13-6-8-18(15,16)9-7-13/h10,12H,3-9H2,1-2H3. The van der Waals surface area contributed by atoms with E-state index in [9.17, 15) is 13.2 Å². The summed E-state index contributed by atoms with van der Waals surface area (Å²) in [7, 11) is -1.46. The van der Waals surface area contributed by atoms with Gasteiger partial charge in [0.1, 0.15) is 6.04 Å². The molecule has 0 bridgehead atoms. The highest BCUT2D eigenvalue weighted by atomic mass is 32.2. The first kappa shape index (κ1) is 15.4. The van der Waals surface area contributed by atoms with Gasteiger partial charge in [-0.2, -0.15) is 0 Å². The van der Waals surface area contributed by atoms with Gasteiger partial charge in [-0.05, 0) is 13.0 Å². The molecule has 1 saturated heterocycles. The fraction of sp³-hybridized carbons (Fsp3) is 0.909. The molecule has 1 N–H and O–H groups in total. The molecular weight excluding hydrogens is 256 g/mol. The fourth-order valence-electron chi connectivity index (χ4n) is 1.98. The molecule has 0 aromatic heterocycles. The first-order valence-electron chi connectivity index (χ1n) is 6.22. The highest BCUT2D eigenvalue weighted by Crippen LogP contribution is 2.06. The summed E-state index contributed by atoms with van der Waals surface area (Å²) >= 11 is 0. The second kappa shape index (κ2) is 7.06. The number of hydrogen-bond donors (Lipinski definition) is 1. The summed E-state index contributed by atoms with van der Waals surface area (Å²) in [5, 5.41) is 3.07. The second-order valence-electron chi connectivity index (χ2n) is 4.42. The molecule has 1 fully saturated rings. The number of carbonyl (C=O) groups is 1. The Kier molecular flexibility index (Phi) is 6.04. The predicted molar refractivity (Wildman–Crippen MR) is 69.2 cm³/mol. The van der Waals surface area contributed by atoms with Gasteiger partial charge in [0.25, 0.3) is 0 Å². The molecule has 1 unspecified atom stereocenters. The lowest BCUT2D eigenvalue weighted by atomic mass is 10.2. The van der Waals surface area contributed by atoms with Gasteiger partial charge in [-0.15, -0.1) is 0 Å². The van der Waals surface area contributed by atoms with Gasteiger partial charge in [-0.3, -0.25) is 4.79 Å². The van der Waals surface area contributed by atoms with E-state index in [4.69, 9.17) is 4.74 Å². The van der Waals surface area contributed by atoms with Crippen molar-refractivity contribution in [2.75, 3.05) is 44.8 Å². The smallest absolute Gasteiger partial charge is 0.322 e. The zero-order chi connectivity index (χ0) is 13.6. The average molecular weight is 278 g/mol. The first-order valence-corrected chi connectivity index (χ1v) is 8.04. The Hall–Kier alpha value is -0.660. The molecule has 0 radical (unpaired) electrons. The summed E-state index contributed by atoms with van der Waals surface area (Å²) in [5.41, 5.74) is 0. The summed E-state index contributed by atoms with van der Waals surface area (Å²) in [4.78, 5) is 13.6. The summed E-state index contributed by atoms with van der Waals surface area (Å²) in [5.74, 6) is 0.176. The number of likely N-dealkylation sites (N-methyl/N-ethyl adjacent to an activating group) is 1. The Morgan fingerprint density at radius 3 is 2.50 bits per heavy atom. The van der Waals surface area contributed by atoms with Crippen molar-refractivity contribution in [3.63, 3.8) is 0 Å². The zero-order valence-electron chi connectivity index (χ0n) is 11.0. The molecule has 1 atom stereocenters. The highest BCUT2D eigenvalue weighted by molar-refractivity contribution is 7.91. The normalized spacial score (nSPS) is 21.4. The van der Waals surface area contributed by atoms with E-state index in [2.05, 4.69) is 10.2 Å². The van der Waals surface area contributed by atoms with E-state index in [0.717, 1.165) is 0 Å². The van der Waals surface area contributed by atoms with E-state index in [0.29, 0.717) is 32.6 Å². The van der Waals surface area contributed by atoms with Crippen molar-refractivity contribution in [1.82, 2.24) is 10.2 Å². The van der Waals surface area contributed by atoms with E-state index in [1.807, 2.05) is 6.92 Å². The third-order valence-electron chi connectivity index (χ3n) is 3.11. The van der Waals surface area contributed by atoms with Crippen molar-refractivity contribution in [3.05, 3.63) is 0 Å². The lowest BCUT2D eigenvalue weighted by Crippen LogP contribution is -2.44. The molecule has 0 saturated carbocycles. The van der Waals surface area contributed by atoms with Crippen LogP contribution in [-0.4, -0.2) is 70.1 Å². The number of esters is 1. The number of nitrogens with zero attached hydrogens (tertiary/aromatic N) is 1. The van der Waals surface area contributed by atoms with Crippen molar-refractivity contribution in [1.29, 1.82) is 0 Å². The third kappa shape index (κ3) is 4.91. The van der Waals surface area contributed by atoms with Crippen molar-refractivity contribution in [2.24, 2.45) is 0 Å². The van der Waals surface area contributed by atoms with E-state index in [1.165, 1.54) is 7.11 Å². The van der Waals surface area contributed by atoms with Crippen LogP contribution in [0.1, 0.15) is 13.3 Å². The molecular formula is C11H22N2O4S. The predicted octanol–water partition coefficient (Wildman–Crippen LogP) is -0.742. The van der Waals surface area contributed by atoms with Crippen molar-refractivity contribution in [3.8, 4) is 0 Å². The largest absolute Gasteiger partial charge is 0.468 e. The molecule has 0 aromatic carbocycles. The van der Waals surface area contributed by atoms with Gasteiger partial charge in [0, 0.05) is 19.6 Å². The Bertz CT molecular complexity index is 355. The van der Waals surface area contributed by atoms with Crippen LogP contribution in [0.4, 0.5) is 0 Å². The molecule has 0 amide bonds. The number of hydrogen-bond acceptors (Lipinski definition) is 6. The minimum absolute atomic E-state index is 0.219. The molecule has 0 aliphatic carbocycles. The summed E-state index contributed by atoms with van der Waals surface area (Å²) in [6, 6.07) is -0.307. The van der Waals surface area contributed by atoms with Crippen LogP contribution in [0.5, 0.6) is 0 Å².